The topological polar surface area (TPSA) is 55.8 Å². The van der Waals surface area contributed by atoms with Crippen molar-refractivity contribution in [2.45, 2.75) is 83.3 Å². The zero-order chi connectivity index (χ0) is 17.2. The number of rotatable bonds is 12. The minimum absolute atomic E-state index is 0.173. The number of hydrogen-bond donors (Lipinski definition) is 1. The number of unbranched alkanes of at least 4 members (excludes halogenated alkanes) is 3. The lowest BCUT2D eigenvalue weighted by atomic mass is 10.1. The molecular formula is C20H30O4. The second-order valence-corrected chi connectivity index (χ2v) is 6.65. The summed E-state index contributed by atoms with van der Waals surface area (Å²) < 4.78 is 12.1. The molecule has 0 saturated carbocycles. The predicted octanol–water partition coefficient (Wildman–Crippen LogP) is 5.46. The Morgan fingerprint density at radius 3 is 2.12 bits per heavy atom. The van der Waals surface area contributed by atoms with E-state index < -0.39 is 5.97 Å². The van der Waals surface area contributed by atoms with Crippen LogP contribution in [-0.2, 0) is 14.3 Å². The summed E-state index contributed by atoms with van der Waals surface area (Å²) in [7, 11) is 0. The molecule has 0 amide bonds. The largest absolute Gasteiger partial charge is 0.478 e. The summed E-state index contributed by atoms with van der Waals surface area (Å²) in [6, 6.07) is 0. The van der Waals surface area contributed by atoms with E-state index in [0.29, 0.717) is 12.0 Å². The molecule has 134 valence electrons. The van der Waals surface area contributed by atoms with E-state index in [9.17, 15) is 4.79 Å². The molecule has 0 aromatic rings. The summed E-state index contributed by atoms with van der Waals surface area (Å²) in [6.07, 6.45) is 16.3. The van der Waals surface area contributed by atoms with E-state index in [1.165, 1.54) is 12.8 Å². The van der Waals surface area contributed by atoms with Gasteiger partial charge < -0.3 is 14.6 Å². The van der Waals surface area contributed by atoms with E-state index in [-0.39, 0.29) is 6.29 Å². The molecule has 0 heterocycles. The summed E-state index contributed by atoms with van der Waals surface area (Å²) in [5.41, 5.74) is 0.306. The molecule has 0 unspecified atom stereocenters. The predicted molar refractivity (Wildman–Crippen MR) is 94.3 cm³/mol. The summed E-state index contributed by atoms with van der Waals surface area (Å²) in [6.45, 7) is 3.56. The van der Waals surface area contributed by atoms with E-state index in [0.717, 1.165) is 69.3 Å². The summed E-state index contributed by atoms with van der Waals surface area (Å²) in [4.78, 5) is 10.7. The number of allylic oxidation sites excluding steroid dienone is 4. The van der Waals surface area contributed by atoms with Crippen molar-refractivity contribution in [3.63, 3.8) is 0 Å². The third kappa shape index (κ3) is 6.81. The van der Waals surface area contributed by atoms with E-state index in [1.54, 1.807) is 0 Å². The van der Waals surface area contributed by atoms with Crippen LogP contribution in [0, 0.1) is 0 Å². The smallest absolute Gasteiger partial charge is 0.330 e. The Kier molecular flexibility index (Phi) is 7.93. The summed E-state index contributed by atoms with van der Waals surface area (Å²) in [5.74, 6) is 1.28. The lowest BCUT2D eigenvalue weighted by Crippen LogP contribution is -2.16. The molecule has 2 aliphatic carbocycles. The molecule has 4 heteroatoms. The van der Waals surface area contributed by atoms with Gasteiger partial charge in [-0.1, -0.05) is 19.4 Å². The maximum Gasteiger partial charge on any atom is 0.330 e. The molecular weight excluding hydrogens is 304 g/mol. The van der Waals surface area contributed by atoms with Crippen LogP contribution in [0.1, 0.15) is 77.0 Å². The molecule has 1 N–H and O–H groups in total. The van der Waals surface area contributed by atoms with Crippen LogP contribution in [-0.4, -0.2) is 17.4 Å². The van der Waals surface area contributed by atoms with Gasteiger partial charge in [0.2, 0.25) is 6.29 Å². The summed E-state index contributed by atoms with van der Waals surface area (Å²) in [5, 5.41) is 8.79. The average molecular weight is 334 g/mol. The van der Waals surface area contributed by atoms with Gasteiger partial charge in [0.25, 0.3) is 0 Å². The fourth-order valence-electron chi connectivity index (χ4n) is 3.09. The van der Waals surface area contributed by atoms with Crippen molar-refractivity contribution in [2.75, 3.05) is 0 Å². The molecule has 24 heavy (non-hydrogen) atoms. The lowest BCUT2D eigenvalue weighted by Gasteiger charge is -2.22. The Labute approximate surface area is 145 Å². The first kappa shape index (κ1) is 18.6. The molecule has 0 atom stereocenters. The van der Waals surface area contributed by atoms with Crippen LogP contribution in [0.15, 0.2) is 35.8 Å². The SMILES string of the molecule is C=C(CCCCCCC(OC1=CCCC1)OC1=CCCC1)C(=O)O. The molecule has 2 rings (SSSR count). The van der Waals surface area contributed by atoms with Crippen LogP contribution < -0.4 is 0 Å². The molecule has 0 fully saturated rings. The van der Waals surface area contributed by atoms with Gasteiger partial charge in [-0.2, -0.15) is 0 Å². The van der Waals surface area contributed by atoms with Crippen LogP contribution in [0.4, 0.5) is 0 Å². The van der Waals surface area contributed by atoms with Crippen LogP contribution in [0.3, 0.4) is 0 Å². The number of ether oxygens (including phenoxy) is 2. The zero-order valence-electron chi connectivity index (χ0n) is 14.6. The molecule has 0 saturated heterocycles. The molecule has 0 bridgehead atoms. The first-order valence-electron chi connectivity index (χ1n) is 9.27. The van der Waals surface area contributed by atoms with Crippen molar-refractivity contribution in [1.29, 1.82) is 0 Å². The zero-order valence-corrected chi connectivity index (χ0v) is 14.6. The highest BCUT2D eigenvalue weighted by Crippen LogP contribution is 2.27. The van der Waals surface area contributed by atoms with Gasteiger partial charge >= 0.3 is 5.97 Å². The van der Waals surface area contributed by atoms with E-state index in [1.807, 2.05) is 0 Å². The normalized spacial score (nSPS) is 16.9. The fourth-order valence-corrected chi connectivity index (χ4v) is 3.09. The number of carboxylic acids is 1. The minimum Gasteiger partial charge on any atom is -0.478 e. The van der Waals surface area contributed by atoms with Gasteiger partial charge in [-0.05, 0) is 57.1 Å². The standard InChI is InChI=1S/C20H30O4/c1-16(20(21)22)10-4-2-3-5-15-19(23-17-11-6-7-12-17)24-18-13-8-9-14-18/h11,13,19H,1-10,12,14-15H2,(H,21,22). The van der Waals surface area contributed by atoms with Crippen LogP contribution in [0.5, 0.6) is 0 Å². The second-order valence-electron chi connectivity index (χ2n) is 6.65. The first-order valence-corrected chi connectivity index (χ1v) is 9.27. The van der Waals surface area contributed by atoms with Gasteiger partial charge in [0.05, 0.1) is 11.5 Å². The highest BCUT2D eigenvalue weighted by atomic mass is 16.7. The van der Waals surface area contributed by atoms with Crippen molar-refractivity contribution in [2.24, 2.45) is 0 Å². The van der Waals surface area contributed by atoms with Crippen LogP contribution in [0.25, 0.3) is 0 Å². The number of carbonyl (C=O) groups is 1. The Hall–Kier alpha value is -1.71. The lowest BCUT2D eigenvalue weighted by molar-refractivity contribution is -0.132. The Morgan fingerprint density at radius 1 is 1.04 bits per heavy atom. The van der Waals surface area contributed by atoms with Gasteiger partial charge in [0.15, 0.2) is 0 Å². The quantitative estimate of drug-likeness (QED) is 0.292. The molecule has 2 aliphatic rings. The second kappa shape index (κ2) is 10.2. The van der Waals surface area contributed by atoms with Gasteiger partial charge in [0.1, 0.15) is 0 Å². The number of carboxylic acid groups (broad SMARTS) is 1. The van der Waals surface area contributed by atoms with Gasteiger partial charge in [-0.3, -0.25) is 0 Å². The molecule has 4 nitrogen and oxygen atoms in total. The highest BCUT2D eigenvalue weighted by molar-refractivity contribution is 5.85. The fraction of sp³-hybridized carbons (Fsp3) is 0.650. The highest BCUT2D eigenvalue weighted by Gasteiger charge is 2.18. The third-order valence-electron chi connectivity index (χ3n) is 4.54. The van der Waals surface area contributed by atoms with Gasteiger partial charge in [-0.15, -0.1) is 0 Å². The molecule has 0 aliphatic heterocycles. The van der Waals surface area contributed by atoms with Crippen molar-refractivity contribution < 1.29 is 19.4 Å². The maximum absolute atomic E-state index is 10.7. The van der Waals surface area contributed by atoms with Gasteiger partial charge in [-0.25, -0.2) is 4.79 Å². The molecule has 0 aromatic carbocycles. The van der Waals surface area contributed by atoms with Crippen molar-refractivity contribution in [3.05, 3.63) is 35.8 Å². The first-order chi connectivity index (χ1) is 11.6. The minimum atomic E-state index is -0.883. The van der Waals surface area contributed by atoms with Crippen molar-refractivity contribution in [1.82, 2.24) is 0 Å². The van der Waals surface area contributed by atoms with Crippen molar-refractivity contribution in [3.8, 4) is 0 Å². The molecule has 0 spiro atoms. The van der Waals surface area contributed by atoms with Gasteiger partial charge in [0, 0.05) is 24.8 Å². The van der Waals surface area contributed by atoms with Crippen LogP contribution in [0.2, 0.25) is 0 Å². The van der Waals surface area contributed by atoms with E-state index in [4.69, 9.17) is 14.6 Å². The van der Waals surface area contributed by atoms with Crippen molar-refractivity contribution >= 4 is 5.97 Å². The van der Waals surface area contributed by atoms with E-state index in [2.05, 4.69) is 18.7 Å². The molecule has 0 radical (unpaired) electrons. The molecule has 0 aromatic heterocycles. The number of hydrogen-bond acceptors (Lipinski definition) is 3. The van der Waals surface area contributed by atoms with Crippen LogP contribution >= 0.6 is 0 Å². The Bertz CT molecular complexity index is 464. The van der Waals surface area contributed by atoms with E-state index >= 15 is 0 Å². The maximum atomic E-state index is 10.7. The Balaban J connectivity index is 1.65. The summed E-state index contributed by atoms with van der Waals surface area (Å²) >= 11 is 0. The third-order valence-corrected chi connectivity index (χ3v) is 4.54. The number of aliphatic carboxylic acids is 1. The Morgan fingerprint density at radius 2 is 1.62 bits per heavy atom. The monoisotopic (exact) mass is 334 g/mol. The average Bonchev–Trinajstić information content (AvgIpc) is 3.24.